The molecule has 0 aromatic carbocycles. The van der Waals surface area contributed by atoms with Crippen molar-refractivity contribution in [3.63, 3.8) is 0 Å². The van der Waals surface area contributed by atoms with Crippen LogP contribution in [0.2, 0.25) is 0 Å². The van der Waals surface area contributed by atoms with Crippen LogP contribution in [0.4, 0.5) is 0 Å². The lowest BCUT2D eigenvalue weighted by Crippen LogP contribution is -2.33. The molecule has 0 heterocycles. The van der Waals surface area contributed by atoms with E-state index in [-0.39, 0.29) is 0 Å². The summed E-state index contributed by atoms with van der Waals surface area (Å²) in [6.07, 6.45) is 10.1. The quantitative estimate of drug-likeness (QED) is 0.702. The molecule has 1 saturated carbocycles. The van der Waals surface area contributed by atoms with Crippen LogP contribution in [0.15, 0.2) is 0 Å². The van der Waals surface area contributed by atoms with Crippen LogP contribution in [-0.2, 0) is 4.74 Å². The molecular formula is C14H28O2. The number of ether oxygens (including phenoxy) is 1. The highest BCUT2D eigenvalue weighted by atomic mass is 16.6. The van der Waals surface area contributed by atoms with E-state index in [1.807, 2.05) is 0 Å². The molecule has 1 aliphatic carbocycles. The Labute approximate surface area is 100 Å². The lowest BCUT2D eigenvalue weighted by Gasteiger charge is -2.34. The van der Waals surface area contributed by atoms with Crippen molar-refractivity contribution in [2.45, 2.75) is 71.0 Å². The molecule has 0 saturated heterocycles. The van der Waals surface area contributed by atoms with Gasteiger partial charge in [-0.2, -0.15) is 0 Å². The lowest BCUT2D eigenvalue weighted by atomic mass is 9.75. The van der Waals surface area contributed by atoms with E-state index in [9.17, 15) is 5.11 Å². The molecule has 1 fully saturated rings. The standard InChI is InChI=1S/C14H28O2/c1-4-8-13(11-14(2,15)16-3)12-9-6-5-7-10-12/h12-13,15H,4-11H2,1-3H3. The minimum Gasteiger partial charge on any atom is -0.366 e. The first-order valence-electron chi connectivity index (χ1n) is 6.86. The second-order valence-corrected chi connectivity index (χ2v) is 5.53. The summed E-state index contributed by atoms with van der Waals surface area (Å²) in [4.78, 5) is 0. The van der Waals surface area contributed by atoms with E-state index in [4.69, 9.17) is 4.74 Å². The van der Waals surface area contributed by atoms with Gasteiger partial charge in [-0.15, -0.1) is 0 Å². The Kier molecular flexibility index (Phi) is 5.77. The maximum absolute atomic E-state index is 10.0. The molecule has 0 amide bonds. The summed E-state index contributed by atoms with van der Waals surface area (Å²) in [5.74, 6) is 0.521. The Balaban J connectivity index is 2.51. The Morgan fingerprint density at radius 2 is 1.94 bits per heavy atom. The fourth-order valence-electron chi connectivity index (χ4n) is 3.05. The Morgan fingerprint density at radius 3 is 2.44 bits per heavy atom. The van der Waals surface area contributed by atoms with Crippen molar-refractivity contribution in [3.8, 4) is 0 Å². The first-order chi connectivity index (χ1) is 7.59. The summed E-state index contributed by atoms with van der Waals surface area (Å²) < 4.78 is 5.16. The minimum atomic E-state index is -0.933. The van der Waals surface area contributed by atoms with Crippen molar-refractivity contribution in [1.29, 1.82) is 0 Å². The predicted octanol–water partition coefficient (Wildman–Crippen LogP) is 3.73. The van der Waals surface area contributed by atoms with Gasteiger partial charge in [-0.3, -0.25) is 0 Å². The number of methoxy groups -OCH3 is 1. The molecule has 0 aromatic rings. The fourth-order valence-corrected chi connectivity index (χ4v) is 3.05. The lowest BCUT2D eigenvalue weighted by molar-refractivity contribution is -0.186. The van der Waals surface area contributed by atoms with Gasteiger partial charge in [0.1, 0.15) is 0 Å². The second kappa shape index (κ2) is 6.61. The van der Waals surface area contributed by atoms with Gasteiger partial charge in [0.2, 0.25) is 0 Å². The van der Waals surface area contributed by atoms with E-state index in [2.05, 4.69) is 6.92 Å². The normalized spacial score (nSPS) is 24.0. The monoisotopic (exact) mass is 228 g/mol. The molecule has 2 heteroatoms. The number of hydrogen-bond acceptors (Lipinski definition) is 2. The van der Waals surface area contributed by atoms with Crippen molar-refractivity contribution >= 4 is 0 Å². The molecule has 0 bridgehead atoms. The largest absolute Gasteiger partial charge is 0.366 e. The Hall–Kier alpha value is -0.0800. The zero-order valence-corrected chi connectivity index (χ0v) is 11.2. The average Bonchev–Trinajstić information content (AvgIpc) is 2.29. The van der Waals surface area contributed by atoms with Gasteiger partial charge < -0.3 is 9.84 Å². The van der Waals surface area contributed by atoms with E-state index >= 15 is 0 Å². The van der Waals surface area contributed by atoms with Gasteiger partial charge in [0.25, 0.3) is 0 Å². The van der Waals surface area contributed by atoms with Crippen molar-refractivity contribution in [2.75, 3.05) is 7.11 Å². The van der Waals surface area contributed by atoms with Crippen LogP contribution in [-0.4, -0.2) is 18.0 Å². The summed E-state index contributed by atoms with van der Waals surface area (Å²) >= 11 is 0. The molecule has 1 N–H and O–H groups in total. The zero-order chi connectivity index (χ0) is 12.0. The van der Waals surface area contributed by atoms with Crippen LogP contribution < -0.4 is 0 Å². The van der Waals surface area contributed by atoms with Gasteiger partial charge in [0.05, 0.1) is 0 Å². The second-order valence-electron chi connectivity index (χ2n) is 5.53. The third-order valence-corrected chi connectivity index (χ3v) is 4.06. The first kappa shape index (κ1) is 14.0. The molecule has 2 nitrogen and oxygen atoms in total. The van der Waals surface area contributed by atoms with E-state index in [1.54, 1.807) is 14.0 Å². The average molecular weight is 228 g/mol. The van der Waals surface area contributed by atoms with Crippen LogP contribution in [0.25, 0.3) is 0 Å². The van der Waals surface area contributed by atoms with Crippen LogP contribution in [0.5, 0.6) is 0 Å². The highest BCUT2D eigenvalue weighted by molar-refractivity contribution is 4.77. The fraction of sp³-hybridized carbons (Fsp3) is 1.00. The molecule has 2 atom stereocenters. The first-order valence-corrected chi connectivity index (χ1v) is 6.86. The SMILES string of the molecule is CCCC(CC(C)(O)OC)C1CCCCC1. The topological polar surface area (TPSA) is 29.5 Å². The molecule has 0 spiro atoms. The van der Waals surface area contributed by atoms with Gasteiger partial charge in [-0.05, 0) is 18.8 Å². The smallest absolute Gasteiger partial charge is 0.162 e. The summed E-state index contributed by atoms with van der Waals surface area (Å²) in [5, 5.41) is 10.0. The van der Waals surface area contributed by atoms with Crippen molar-refractivity contribution in [3.05, 3.63) is 0 Å². The molecule has 0 aromatic heterocycles. The molecule has 16 heavy (non-hydrogen) atoms. The van der Waals surface area contributed by atoms with E-state index in [0.29, 0.717) is 5.92 Å². The van der Waals surface area contributed by atoms with Crippen LogP contribution in [0.3, 0.4) is 0 Å². The van der Waals surface area contributed by atoms with E-state index in [0.717, 1.165) is 12.3 Å². The molecule has 96 valence electrons. The molecular weight excluding hydrogens is 200 g/mol. The highest BCUT2D eigenvalue weighted by Crippen LogP contribution is 2.36. The van der Waals surface area contributed by atoms with Crippen molar-refractivity contribution in [2.24, 2.45) is 11.8 Å². The summed E-state index contributed by atoms with van der Waals surface area (Å²) in [5.41, 5.74) is 0. The van der Waals surface area contributed by atoms with Crippen molar-refractivity contribution < 1.29 is 9.84 Å². The van der Waals surface area contributed by atoms with Crippen LogP contribution >= 0.6 is 0 Å². The molecule has 1 rings (SSSR count). The number of hydrogen-bond donors (Lipinski definition) is 1. The van der Waals surface area contributed by atoms with Gasteiger partial charge >= 0.3 is 0 Å². The predicted molar refractivity (Wildman–Crippen MR) is 67.2 cm³/mol. The van der Waals surface area contributed by atoms with Crippen molar-refractivity contribution in [1.82, 2.24) is 0 Å². The van der Waals surface area contributed by atoms with Gasteiger partial charge in [0, 0.05) is 13.5 Å². The van der Waals surface area contributed by atoms with E-state index < -0.39 is 5.79 Å². The summed E-state index contributed by atoms with van der Waals surface area (Å²) in [6, 6.07) is 0. The van der Waals surface area contributed by atoms with Crippen LogP contribution in [0, 0.1) is 11.8 Å². The van der Waals surface area contributed by atoms with E-state index in [1.165, 1.54) is 44.9 Å². The van der Waals surface area contributed by atoms with Gasteiger partial charge in [-0.1, -0.05) is 51.9 Å². The highest BCUT2D eigenvalue weighted by Gasteiger charge is 2.30. The minimum absolute atomic E-state index is 0.639. The summed E-state index contributed by atoms with van der Waals surface area (Å²) in [7, 11) is 1.60. The third kappa shape index (κ3) is 4.42. The maximum atomic E-state index is 10.0. The summed E-state index contributed by atoms with van der Waals surface area (Å²) in [6.45, 7) is 4.02. The van der Waals surface area contributed by atoms with Gasteiger partial charge in [-0.25, -0.2) is 0 Å². The molecule has 2 unspecified atom stereocenters. The maximum Gasteiger partial charge on any atom is 0.162 e. The van der Waals surface area contributed by atoms with Crippen LogP contribution in [0.1, 0.15) is 65.2 Å². The number of rotatable bonds is 6. The number of aliphatic hydroxyl groups is 1. The molecule has 0 aliphatic heterocycles. The van der Waals surface area contributed by atoms with Gasteiger partial charge in [0.15, 0.2) is 5.79 Å². The third-order valence-electron chi connectivity index (χ3n) is 4.06. The molecule has 1 aliphatic rings. The Morgan fingerprint density at radius 1 is 1.31 bits per heavy atom. The Bertz CT molecular complexity index is 183. The zero-order valence-electron chi connectivity index (χ0n) is 11.2. The molecule has 0 radical (unpaired) electrons.